The van der Waals surface area contributed by atoms with Crippen molar-refractivity contribution in [3.05, 3.63) is 72.3 Å². The number of fused-ring (bicyclic) bond motifs is 1. The number of imidazole rings is 1. The average molecular weight is 410 g/mol. The van der Waals surface area contributed by atoms with Crippen LogP contribution in [-0.2, 0) is 6.54 Å². The van der Waals surface area contributed by atoms with E-state index < -0.39 is 0 Å². The van der Waals surface area contributed by atoms with Crippen LogP contribution in [0.2, 0.25) is 0 Å². The van der Waals surface area contributed by atoms with Gasteiger partial charge in [0.25, 0.3) is 5.91 Å². The fourth-order valence-electron chi connectivity index (χ4n) is 4.56. The molecule has 1 amide bonds. The second-order valence-electron chi connectivity index (χ2n) is 8.15. The summed E-state index contributed by atoms with van der Waals surface area (Å²) in [5, 5.41) is 16.2. The molecule has 1 aliphatic rings. The highest BCUT2D eigenvalue weighted by Crippen LogP contribution is 2.29. The third kappa shape index (κ3) is 3.46. The molecule has 31 heavy (non-hydrogen) atoms. The summed E-state index contributed by atoms with van der Waals surface area (Å²) >= 11 is 0. The molecule has 154 valence electrons. The van der Waals surface area contributed by atoms with Crippen molar-refractivity contribution in [2.75, 3.05) is 6.54 Å². The van der Waals surface area contributed by atoms with Gasteiger partial charge in [-0.2, -0.15) is 10.4 Å². The molecular weight excluding hydrogens is 388 g/mol. The lowest BCUT2D eigenvalue weighted by Crippen LogP contribution is -2.34. The average Bonchev–Trinajstić information content (AvgIpc) is 3.54. The van der Waals surface area contributed by atoms with E-state index >= 15 is 0 Å². The van der Waals surface area contributed by atoms with Gasteiger partial charge in [0.2, 0.25) is 0 Å². The molecule has 4 aromatic rings. The number of nitriles is 1. The number of benzene rings is 2. The van der Waals surface area contributed by atoms with Crippen LogP contribution in [-0.4, -0.2) is 43.1 Å². The number of hydrogen-bond acceptors (Lipinski definition) is 4. The monoisotopic (exact) mass is 410 g/mol. The van der Waals surface area contributed by atoms with Crippen molar-refractivity contribution < 1.29 is 4.79 Å². The second kappa shape index (κ2) is 7.73. The van der Waals surface area contributed by atoms with Gasteiger partial charge in [-0.05, 0) is 49.1 Å². The molecule has 2 aromatic heterocycles. The Bertz CT molecular complexity index is 1280. The van der Waals surface area contributed by atoms with Crippen LogP contribution >= 0.6 is 0 Å². The number of amides is 1. The van der Waals surface area contributed by atoms with Crippen LogP contribution in [0.5, 0.6) is 0 Å². The molecule has 5 rings (SSSR count). The zero-order valence-electron chi connectivity index (χ0n) is 17.2. The normalized spacial score (nSPS) is 18.4. The van der Waals surface area contributed by atoms with Crippen molar-refractivity contribution in [2.45, 2.75) is 25.9 Å². The maximum Gasteiger partial charge on any atom is 0.255 e. The molecule has 1 saturated heterocycles. The van der Waals surface area contributed by atoms with Crippen LogP contribution < -0.4 is 0 Å². The Balaban J connectivity index is 1.34. The molecule has 1 fully saturated rings. The summed E-state index contributed by atoms with van der Waals surface area (Å²) in [6, 6.07) is 15.5. The molecular formula is C24H22N6O. The molecule has 1 aliphatic heterocycles. The van der Waals surface area contributed by atoms with E-state index in [1.807, 2.05) is 23.5 Å². The lowest BCUT2D eigenvalue weighted by atomic mass is 10.1. The summed E-state index contributed by atoms with van der Waals surface area (Å²) in [6.07, 6.45) is 6.47. The van der Waals surface area contributed by atoms with Gasteiger partial charge < -0.3 is 9.47 Å². The smallest absolute Gasteiger partial charge is 0.255 e. The van der Waals surface area contributed by atoms with Crippen molar-refractivity contribution in [2.24, 2.45) is 5.92 Å². The van der Waals surface area contributed by atoms with Gasteiger partial charge in [0.05, 0.1) is 40.8 Å². The molecule has 0 spiro atoms. The Morgan fingerprint density at radius 3 is 2.94 bits per heavy atom. The van der Waals surface area contributed by atoms with E-state index in [1.165, 1.54) is 0 Å². The van der Waals surface area contributed by atoms with Crippen LogP contribution in [0.1, 0.15) is 29.3 Å². The summed E-state index contributed by atoms with van der Waals surface area (Å²) in [7, 11) is 0. The minimum Gasteiger partial charge on any atom is -0.336 e. The highest BCUT2D eigenvalue weighted by molar-refractivity contribution is 5.97. The van der Waals surface area contributed by atoms with Crippen molar-refractivity contribution >= 4 is 16.9 Å². The highest BCUT2D eigenvalue weighted by atomic mass is 16.2. The molecule has 0 saturated carbocycles. The van der Waals surface area contributed by atoms with E-state index in [4.69, 9.17) is 0 Å². The number of H-pyrrole nitrogens is 1. The van der Waals surface area contributed by atoms with Crippen molar-refractivity contribution in [1.29, 1.82) is 5.26 Å². The molecule has 7 heteroatoms. The number of carbonyl (C=O) groups is 1. The van der Waals surface area contributed by atoms with E-state index in [-0.39, 0.29) is 11.9 Å². The van der Waals surface area contributed by atoms with Crippen LogP contribution in [0, 0.1) is 17.2 Å². The van der Waals surface area contributed by atoms with Gasteiger partial charge in [-0.3, -0.25) is 9.89 Å². The molecule has 2 aromatic carbocycles. The van der Waals surface area contributed by atoms with Gasteiger partial charge in [0.15, 0.2) is 0 Å². The van der Waals surface area contributed by atoms with Crippen LogP contribution in [0.4, 0.5) is 0 Å². The first kappa shape index (κ1) is 19.1. The van der Waals surface area contributed by atoms with Crippen molar-refractivity contribution in [3.8, 4) is 17.2 Å². The number of carbonyl (C=O) groups excluding carboxylic acids is 1. The number of nitrogens with one attached hydrogen (secondary N) is 1. The predicted octanol–water partition coefficient (Wildman–Crippen LogP) is 3.85. The van der Waals surface area contributed by atoms with E-state index in [2.05, 4.69) is 50.9 Å². The molecule has 7 nitrogen and oxygen atoms in total. The Kier molecular flexibility index (Phi) is 4.75. The summed E-state index contributed by atoms with van der Waals surface area (Å²) < 4.78 is 2.17. The maximum absolute atomic E-state index is 13.1. The number of likely N-dealkylation sites (tertiary alicyclic amines) is 1. The SMILES string of the molecule is C[C@@H]1CC(Cn2cnc3cc(-c4cn[nH]c4)ccc32)CN1C(=O)c1ccccc1C#N. The molecule has 1 N–H and O–H groups in total. The van der Waals surface area contributed by atoms with Gasteiger partial charge in [-0.1, -0.05) is 18.2 Å². The summed E-state index contributed by atoms with van der Waals surface area (Å²) in [4.78, 5) is 19.6. The predicted molar refractivity (Wildman–Crippen MR) is 117 cm³/mol. The van der Waals surface area contributed by atoms with E-state index in [1.54, 1.807) is 24.4 Å². The fraction of sp³-hybridized carbons (Fsp3) is 0.250. The summed E-state index contributed by atoms with van der Waals surface area (Å²) in [6.45, 7) is 3.55. The van der Waals surface area contributed by atoms with Gasteiger partial charge in [0, 0.05) is 30.9 Å². The van der Waals surface area contributed by atoms with E-state index in [0.717, 1.165) is 35.1 Å². The van der Waals surface area contributed by atoms with Gasteiger partial charge in [-0.15, -0.1) is 0 Å². The zero-order chi connectivity index (χ0) is 21.4. The van der Waals surface area contributed by atoms with E-state index in [0.29, 0.717) is 23.6 Å². The van der Waals surface area contributed by atoms with Crippen LogP contribution in [0.3, 0.4) is 0 Å². The highest BCUT2D eigenvalue weighted by Gasteiger charge is 2.34. The molecule has 2 atom stereocenters. The fourth-order valence-corrected chi connectivity index (χ4v) is 4.56. The number of rotatable bonds is 4. The van der Waals surface area contributed by atoms with Crippen LogP contribution in [0.15, 0.2) is 61.2 Å². The van der Waals surface area contributed by atoms with Gasteiger partial charge in [-0.25, -0.2) is 4.98 Å². The molecule has 0 radical (unpaired) electrons. The number of hydrogen-bond donors (Lipinski definition) is 1. The molecule has 3 heterocycles. The van der Waals surface area contributed by atoms with Gasteiger partial charge in [0.1, 0.15) is 0 Å². The Labute approximate surface area is 179 Å². The second-order valence-corrected chi connectivity index (χ2v) is 8.15. The van der Waals surface area contributed by atoms with Gasteiger partial charge >= 0.3 is 0 Å². The first-order valence-electron chi connectivity index (χ1n) is 10.4. The minimum atomic E-state index is -0.0626. The third-order valence-electron chi connectivity index (χ3n) is 6.11. The third-order valence-corrected chi connectivity index (χ3v) is 6.11. The summed E-state index contributed by atoms with van der Waals surface area (Å²) in [5.41, 5.74) is 5.05. The maximum atomic E-state index is 13.1. The molecule has 0 aliphatic carbocycles. The molecule has 1 unspecified atom stereocenters. The standard InChI is InChI=1S/C24H22N6O/c1-16-8-17(14-30(16)24(31)21-5-3-2-4-19(21)10-25)13-29-15-26-22-9-18(6-7-23(22)29)20-11-27-28-12-20/h2-7,9,11-12,15-17H,8,13-14H2,1H3,(H,27,28)/t16-,17?/m1/s1. The van der Waals surface area contributed by atoms with Crippen molar-refractivity contribution in [3.63, 3.8) is 0 Å². The van der Waals surface area contributed by atoms with Crippen LogP contribution in [0.25, 0.3) is 22.2 Å². The topological polar surface area (TPSA) is 90.6 Å². The number of nitrogens with zero attached hydrogens (tertiary/aromatic N) is 5. The van der Waals surface area contributed by atoms with Crippen molar-refractivity contribution in [1.82, 2.24) is 24.6 Å². The quantitative estimate of drug-likeness (QED) is 0.553. The first-order valence-corrected chi connectivity index (χ1v) is 10.4. The molecule has 0 bridgehead atoms. The lowest BCUT2D eigenvalue weighted by Gasteiger charge is -2.22. The Hall–Kier alpha value is -3.92. The largest absolute Gasteiger partial charge is 0.336 e. The minimum absolute atomic E-state index is 0.0626. The number of aromatic amines is 1. The first-order chi connectivity index (χ1) is 15.1. The van der Waals surface area contributed by atoms with E-state index in [9.17, 15) is 10.1 Å². The Morgan fingerprint density at radius 1 is 1.26 bits per heavy atom. The Morgan fingerprint density at radius 2 is 2.13 bits per heavy atom. The zero-order valence-corrected chi connectivity index (χ0v) is 17.2. The lowest BCUT2D eigenvalue weighted by molar-refractivity contribution is 0.0742. The summed E-state index contributed by atoms with van der Waals surface area (Å²) in [5.74, 6) is 0.270. The number of aromatic nitrogens is 4.